The van der Waals surface area contributed by atoms with Crippen molar-refractivity contribution in [3.05, 3.63) is 76.4 Å². The topological polar surface area (TPSA) is 101 Å². The molecule has 4 heterocycles. The van der Waals surface area contributed by atoms with Crippen LogP contribution in [0.3, 0.4) is 0 Å². The van der Waals surface area contributed by atoms with Crippen molar-refractivity contribution < 1.29 is 14.3 Å². The van der Waals surface area contributed by atoms with E-state index in [0.29, 0.717) is 42.5 Å². The molecule has 1 aromatic carbocycles. The Hall–Kier alpha value is -4.07. The lowest BCUT2D eigenvalue weighted by Gasteiger charge is -2.41. The Balaban J connectivity index is 1.19. The van der Waals surface area contributed by atoms with Crippen molar-refractivity contribution in [2.24, 2.45) is 0 Å². The normalized spacial score (nSPS) is 18.6. The highest BCUT2D eigenvalue weighted by Crippen LogP contribution is 2.31. The summed E-state index contributed by atoms with van der Waals surface area (Å²) in [6.45, 7) is 8.22. The molecule has 0 aliphatic carbocycles. The zero-order valence-electron chi connectivity index (χ0n) is 23.6. The fraction of sp³-hybridized carbons (Fsp3) is 0.419. The number of benzene rings is 1. The average molecular weight is 541 g/mol. The first-order valence-electron chi connectivity index (χ1n) is 13.8. The van der Waals surface area contributed by atoms with E-state index >= 15 is 0 Å². The molecule has 0 saturated carbocycles. The summed E-state index contributed by atoms with van der Waals surface area (Å²) in [4.78, 5) is 42.4. The number of pyridine rings is 1. The number of hydrogen-bond acceptors (Lipinski definition) is 8. The van der Waals surface area contributed by atoms with E-state index in [9.17, 15) is 9.59 Å². The van der Waals surface area contributed by atoms with E-state index in [1.165, 1.54) is 0 Å². The number of fused-ring (bicyclic) bond motifs is 1. The minimum Gasteiger partial charge on any atom is -0.497 e. The number of anilines is 2. The summed E-state index contributed by atoms with van der Waals surface area (Å²) in [5.41, 5.74) is 6.32. The molecule has 2 atom stereocenters. The fourth-order valence-corrected chi connectivity index (χ4v) is 5.62. The molecule has 208 valence electrons. The van der Waals surface area contributed by atoms with Crippen LogP contribution in [-0.2, 0) is 24.3 Å². The second-order valence-corrected chi connectivity index (χ2v) is 10.9. The number of likely N-dealkylation sites (tertiary alicyclic amines) is 1. The van der Waals surface area contributed by atoms with E-state index in [0.717, 1.165) is 59.9 Å². The first-order chi connectivity index (χ1) is 19.3. The van der Waals surface area contributed by atoms with Gasteiger partial charge in [-0.05, 0) is 76.3 Å². The zero-order chi connectivity index (χ0) is 28.2. The summed E-state index contributed by atoms with van der Waals surface area (Å²) in [6.07, 6.45) is 6.63. The average Bonchev–Trinajstić information content (AvgIpc) is 3.39. The molecule has 0 spiro atoms. The van der Waals surface area contributed by atoms with Gasteiger partial charge in [0.25, 0.3) is 5.91 Å². The van der Waals surface area contributed by atoms with Gasteiger partial charge >= 0.3 is 0 Å². The number of carbonyl (C=O) groups excluding carboxylic acids is 2. The maximum absolute atomic E-state index is 13.4. The second kappa shape index (κ2) is 12.0. The molecule has 5 rings (SSSR count). The Bertz CT molecular complexity index is 1450. The number of aryl methyl sites for hydroxylation is 2. The third kappa shape index (κ3) is 6.22. The minimum absolute atomic E-state index is 0.0383. The van der Waals surface area contributed by atoms with E-state index in [1.807, 2.05) is 48.2 Å². The summed E-state index contributed by atoms with van der Waals surface area (Å²) in [5, 5.41) is 3.32. The predicted molar refractivity (Wildman–Crippen MR) is 153 cm³/mol. The van der Waals surface area contributed by atoms with E-state index in [4.69, 9.17) is 9.72 Å². The number of methoxy groups -OCH3 is 1. The van der Waals surface area contributed by atoms with E-state index in [-0.39, 0.29) is 11.9 Å². The Labute approximate surface area is 235 Å². The summed E-state index contributed by atoms with van der Waals surface area (Å²) >= 11 is 0. The maximum Gasteiger partial charge on any atom is 0.254 e. The highest BCUT2D eigenvalue weighted by Gasteiger charge is 2.35. The van der Waals surface area contributed by atoms with Crippen molar-refractivity contribution in [1.82, 2.24) is 24.8 Å². The van der Waals surface area contributed by atoms with Gasteiger partial charge in [-0.25, -0.2) is 14.8 Å². The molecule has 0 bridgehead atoms. The Morgan fingerprint density at radius 1 is 1.20 bits per heavy atom. The number of aromatic nitrogens is 3. The molecule has 2 aliphatic rings. The van der Waals surface area contributed by atoms with Gasteiger partial charge in [0.1, 0.15) is 11.7 Å². The first kappa shape index (κ1) is 27.5. The standard InChI is InChI=1S/C31H36N6O3/c1-20(19-38)5-6-25-14-23(7-9-32-25)30(39)37-10-8-27(13-22(37)3)36-17-24-16-33-31(35-29(24)18-36)34-26-11-21(2)12-28(15-26)40-4/h7,9,11-12,14-16,22,27H,5-6,8,10,13,17-18H2,1-4H3,(H,33,34,35)/t22-,27+/m1/s1. The number of carbonyl (C=O) groups is 1. The molecule has 1 fully saturated rings. The molecule has 9 heteroatoms. The molecule has 1 saturated heterocycles. The Morgan fingerprint density at radius 2 is 2.05 bits per heavy atom. The molecule has 0 radical (unpaired) electrons. The number of nitrogens with zero attached hydrogens (tertiary/aromatic N) is 5. The van der Waals surface area contributed by atoms with Crippen LogP contribution in [0.1, 0.15) is 66.0 Å². The summed E-state index contributed by atoms with van der Waals surface area (Å²) in [7, 11) is 1.66. The number of piperidine rings is 1. The van der Waals surface area contributed by atoms with Gasteiger partial charge in [0.2, 0.25) is 5.95 Å². The number of amides is 1. The zero-order valence-corrected chi connectivity index (χ0v) is 23.6. The number of ether oxygens (including phenoxy) is 1. The number of rotatable bonds is 8. The van der Waals surface area contributed by atoms with Gasteiger partial charge in [0, 0.05) is 78.3 Å². The largest absolute Gasteiger partial charge is 0.497 e. The van der Waals surface area contributed by atoms with Crippen LogP contribution in [0.5, 0.6) is 5.75 Å². The number of hydrogen-bond donors (Lipinski definition) is 1. The molecule has 2 aliphatic heterocycles. The molecular weight excluding hydrogens is 504 g/mol. The molecule has 9 nitrogen and oxygen atoms in total. The summed E-state index contributed by atoms with van der Waals surface area (Å²) in [5.74, 6) is 3.34. The first-order valence-corrected chi connectivity index (χ1v) is 13.8. The van der Waals surface area contributed by atoms with Gasteiger partial charge in [-0.1, -0.05) is 0 Å². The van der Waals surface area contributed by atoms with Crippen LogP contribution in [0, 0.1) is 6.92 Å². The summed E-state index contributed by atoms with van der Waals surface area (Å²) < 4.78 is 5.38. The highest BCUT2D eigenvalue weighted by molar-refractivity contribution is 5.94. The monoisotopic (exact) mass is 540 g/mol. The smallest absolute Gasteiger partial charge is 0.254 e. The lowest BCUT2D eigenvalue weighted by Crippen LogP contribution is -2.50. The van der Waals surface area contributed by atoms with E-state index < -0.39 is 0 Å². The molecule has 3 aromatic rings. The van der Waals surface area contributed by atoms with Crippen molar-refractivity contribution >= 4 is 23.5 Å². The summed E-state index contributed by atoms with van der Waals surface area (Å²) in [6, 6.07) is 10.1. The van der Waals surface area contributed by atoms with Gasteiger partial charge in [0.15, 0.2) is 0 Å². The van der Waals surface area contributed by atoms with Crippen LogP contribution < -0.4 is 10.1 Å². The lowest BCUT2D eigenvalue weighted by atomic mass is 9.96. The van der Waals surface area contributed by atoms with Crippen LogP contribution in [0.15, 0.2) is 48.3 Å². The van der Waals surface area contributed by atoms with Gasteiger partial charge in [-0.3, -0.25) is 14.7 Å². The van der Waals surface area contributed by atoms with Crippen LogP contribution in [0.4, 0.5) is 11.6 Å². The van der Waals surface area contributed by atoms with Crippen LogP contribution in [0.25, 0.3) is 0 Å². The minimum atomic E-state index is 0.0383. The lowest BCUT2D eigenvalue weighted by molar-refractivity contribution is 0.0460. The Morgan fingerprint density at radius 3 is 2.83 bits per heavy atom. The van der Waals surface area contributed by atoms with Gasteiger partial charge in [-0.15, -0.1) is 0 Å². The molecule has 1 amide bonds. The van der Waals surface area contributed by atoms with Crippen LogP contribution in [-0.4, -0.2) is 62.3 Å². The molecule has 1 N–H and O–H groups in total. The van der Waals surface area contributed by atoms with Crippen molar-refractivity contribution in [3.8, 4) is 5.75 Å². The van der Waals surface area contributed by atoms with Gasteiger partial charge < -0.3 is 15.0 Å². The quantitative estimate of drug-likeness (QED) is 0.412. The van der Waals surface area contributed by atoms with Crippen molar-refractivity contribution in [2.75, 3.05) is 19.0 Å². The molecular formula is C31H36N6O3. The molecule has 0 unspecified atom stereocenters. The maximum atomic E-state index is 13.4. The second-order valence-electron chi connectivity index (χ2n) is 10.9. The number of allylic oxidation sites excluding steroid dienone is 1. The predicted octanol–water partition coefficient (Wildman–Crippen LogP) is 4.65. The van der Waals surface area contributed by atoms with E-state index in [2.05, 4.69) is 27.1 Å². The van der Waals surface area contributed by atoms with Gasteiger partial charge in [0.05, 0.1) is 12.8 Å². The molecule has 40 heavy (non-hydrogen) atoms. The van der Waals surface area contributed by atoms with Crippen molar-refractivity contribution in [2.45, 2.75) is 71.6 Å². The molecule has 2 aromatic heterocycles. The fourth-order valence-electron chi connectivity index (χ4n) is 5.62. The van der Waals surface area contributed by atoms with Crippen LogP contribution >= 0.6 is 0 Å². The third-order valence-electron chi connectivity index (χ3n) is 7.84. The van der Waals surface area contributed by atoms with Crippen LogP contribution in [0.2, 0.25) is 0 Å². The van der Waals surface area contributed by atoms with Crippen molar-refractivity contribution in [3.63, 3.8) is 0 Å². The number of nitrogens with one attached hydrogen (secondary N) is 1. The third-order valence-corrected chi connectivity index (χ3v) is 7.84. The van der Waals surface area contributed by atoms with E-state index in [1.54, 1.807) is 26.3 Å². The SMILES string of the molecule is COc1cc(C)cc(Nc2ncc3c(n2)CN([C@H]2CCN(C(=O)c4ccnc(CCC(C)=C=O)c4)[C@H](C)C2)C3)c1. The Kier molecular flexibility index (Phi) is 8.24. The van der Waals surface area contributed by atoms with Gasteiger partial charge in [-0.2, -0.15) is 0 Å². The van der Waals surface area contributed by atoms with Crippen molar-refractivity contribution in [1.29, 1.82) is 0 Å². The highest BCUT2D eigenvalue weighted by atomic mass is 16.5.